The molecule has 0 saturated carbocycles. The topological polar surface area (TPSA) is 300 Å². The molecule has 2 aromatic rings. The maximum atomic E-state index is 14.7. The number of carbonyl (C=O) groups excluding carboxylic acids is 9. The second-order valence-electron chi connectivity index (χ2n) is 19.9. The van der Waals surface area contributed by atoms with Crippen molar-refractivity contribution in [3.8, 4) is 11.5 Å². The molecular formula is C51H76N8O12. The Bertz CT molecular complexity index is 2170. The summed E-state index contributed by atoms with van der Waals surface area (Å²) in [5, 5.41) is 41.4. The first-order valence-electron chi connectivity index (χ1n) is 24.4. The number of hydrogen-bond donors (Lipinski definition) is 10. The van der Waals surface area contributed by atoms with Crippen LogP contribution >= 0.6 is 0 Å². The van der Waals surface area contributed by atoms with E-state index in [0.717, 1.165) is 0 Å². The van der Waals surface area contributed by atoms with Crippen molar-refractivity contribution < 1.29 is 58.1 Å². The monoisotopic (exact) mass is 993 g/mol. The number of carbonyl (C=O) groups is 9. The smallest absolute Gasteiger partial charge is 0.329 e. The molecule has 0 aliphatic carbocycles. The minimum Gasteiger partial charge on any atom is -0.508 e. The molecule has 0 aromatic heterocycles. The minimum atomic E-state index is -1.76. The SMILES string of the molecule is CC[C@H](C)[C@@H]1NC(=O)[C@H](CC(C)C)NC(=O)[C@@H](CC(C)C)NC(=O)[C@@H](NC(=O)[C@@H](Cc2ccc(O)cc2)NC(=O)[C@@H](C)NC(=O)[C@H](CC(C)C)NC(C)=O)[C@@H](C)OC(=O)[C@H](Cc2ccc(O)cc2)NC1=O. The molecule has 71 heavy (non-hydrogen) atoms. The summed E-state index contributed by atoms with van der Waals surface area (Å²) in [6.45, 7) is 18.6. The van der Waals surface area contributed by atoms with Crippen LogP contribution in [0.4, 0.5) is 0 Å². The summed E-state index contributed by atoms with van der Waals surface area (Å²) in [5.41, 5.74) is 0.959. The van der Waals surface area contributed by atoms with Gasteiger partial charge in [-0.1, -0.05) is 86.1 Å². The van der Waals surface area contributed by atoms with Gasteiger partial charge in [0.25, 0.3) is 0 Å². The number of amides is 8. The lowest BCUT2D eigenvalue weighted by atomic mass is 9.95. The summed E-state index contributed by atoms with van der Waals surface area (Å²) in [6.07, 6.45) is -0.958. The average molecular weight is 993 g/mol. The fraction of sp³-hybridized carbons (Fsp3) is 0.588. The molecule has 1 fully saturated rings. The van der Waals surface area contributed by atoms with E-state index in [1.54, 1.807) is 6.92 Å². The van der Waals surface area contributed by atoms with Gasteiger partial charge in [0.15, 0.2) is 0 Å². The number of rotatable bonds is 19. The zero-order valence-corrected chi connectivity index (χ0v) is 42.8. The maximum Gasteiger partial charge on any atom is 0.329 e. The molecule has 0 radical (unpaired) electrons. The number of ether oxygens (including phenoxy) is 1. The van der Waals surface area contributed by atoms with E-state index < -0.39 is 114 Å². The Morgan fingerprint density at radius 2 is 1.11 bits per heavy atom. The molecule has 1 saturated heterocycles. The molecule has 20 nitrogen and oxygen atoms in total. The summed E-state index contributed by atoms with van der Waals surface area (Å²) in [7, 11) is 0. The Kier molecular flexibility index (Phi) is 22.8. The molecule has 10 N–H and O–H groups in total. The zero-order chi connectivity index (χ0) is 53.3. The lowest BCUT2D eigenvalue weighted by Crippen LogP contribution is -2.63. The Balaban J connectivity index is 2.16. The van der Waals surface area contributed by atoms with E-state index in [-0.39, 0.29) is 61.4 Å². The van der Waals surface area contributed by atoms with Crippen LogP contribution in [-0.4, -0.2) is 118 Å². The predicted octanol–water partition coefficient (Wildman–Crippen LogP) is 1.93. The van der Waals surface area contributed by atoms with E-state index in [2.05, 4.69) is 42.5 Å². The van der Waals surface area contributed by atoms with Crippen LogP contribution in [0, 0.1) is 23.7 Å². The lowest BCUT2D eigenvalue weighted by Gasteiger charge is -2.32. The quantitative estimate of drug-likeness (QED) is 0.0904. The predicted molar refractivity (Wildman–Crippen MR) is 264 cm³/mol. The van der Waals surface area contributed by atoms with Gasteiger partial charge in [-0.2, -0.15) is 0 Å². The number of hydrogen-bond acceptors (Lipinski definition) is 12. The molecule has 8 amide bonds. The van der Waals surface area contributed by atoms with Crippen molar-refractivity contribution in [2.75, 3.05) is 0 Å². The molecular weight excluding hydrogens is 917 g/mol. The van der Waals surface area contributed by atoms with Gasteiger partial charge in [-0.05, 0) is 92.2 Å². The Labute approximate surface area is 416 Å². The number of phenolic OH excluding ortho intramolecular Hbond substituents is 2. The van der Waals surface area contributed by atoms with E-state index >= 15 is 0 Å². The van der Waals surface area contributed by atoms with E-state index in [1.165, 1.54) is 69.3 Å². The van der Waals surface area contributed by atoms with Crippen LogP contribution in [0.1, 0.15) is 113 Å². The van der Waals surface area contributed by atoms with Crippen molar-refractivity contribution in [1.82, 2.24) is 42.5 Å². The third kappa shape index (κ3) is 19.2. The molecule has 392 valence electrons. The average Bonchev–Trinajstić information content (AvgIpc) is 3.28. The zero-order valence-electron chi connectivity index (χ0n) is 42.8. The standard InChI is InChI=1S/C51H76N8O12/c1-12-29(8)42-49(68)57-41(25-34-15-19-36(62)20-16-34)51(70)71-31(10)43(50(69)56-38(22-27(4)5)46(65)55-39(23-28(6)7)47(66)58-42)59-48(67)40(24-33-13-17-35(61)18-14-33)54-44(63)30(9)52-45(64)37(21-26(2)3)53-32(11)60/h13-20,26-31,37-43,61-62H,12,21-25H2,1-11H3,(H,52,64)(H,53,60)(H,54,63)(H,55,65)(H,56,69)(H,57,68)(H,58,66)(H,59,67)/t29-,30+,31+,37-,38+,39-,40+,41-,42-,43-/m0/s1. The Hall–Kier alpha value is -6.73. The maximum absolute atomic E-state index is 14.7. The van der Waals surface area contributed by atoms with Crippen LogP contribution in [0.15, 0.2) is 48.5 Å². The number of esters is 1. The van der Waals surface area contributed by atoms with E-state index in [1.807, 2.05) is 48.5 Å². The second-order valence-corrected chi connectivity index (χ2v) is 19.9. The summed E-state index contributed by atoms with van der Waals surface area (Å²) >= 11 is 0. The Morgan fingerprint density at radius 3 is 1.62 bits per heavy atom. The van der Waals surface area contributed by atoms with Gasteiger partial charge in [0.1, 0.15) is 65.9 Å². The van der Waals surface area contributed by atoms with Gasteiger partial charge in [0.2, 0.25) is 47.3 Å². The molecule has 20 heteroatoms. The first-order valence-corrected chi connectivity index (χ1v) is 24.4. The fourth-order valence-electron chi connectivity index (χ4n) is 7.90. The second kappa shape index (κ2) is 27.6. The van der Waals surface area contributed by atoms with Gasteiger partial charge in [-0.3, -0.25) is 38.4 Å². The normalized spacial score (nSPS) is 22.1. The van der Waals surface area contributed by atoms with Gasteiger partial charge in [-0.25, -0.2) is 4.79 Å². The van der Waals surface area contributed by atoms with Crippen molar-refractivity contribution in [3.63, 3.8) is 0 Å². The molecule has 0 unspecified atom stereocenters. The highest BCUT2D eigenvalue weighted by atomic mass is 16.5. The van der Waals surface area contributed by atoms with E-state index in [4.69, 9.17) is 4.74 Å². The van der Waals surface area contributed by atoms with Crippen LogP contribution in [0.2, 0.25) is 0 Å². The fourth-order valence-corrected chi connectivity index (χ4v) is 7.90. The van der Waals surface area contributed by atoms with E-state index in [0.29, 0.717) is 17.5 Å². The highest BCUT2D eigenvalue weighted by Crippen LogP contribution is 2.18. The van der Waals surface area contributed by atoms with Crippen LogP contribution in [0.5, 0.6) is 11.5 Å². The molecule has 1 aliphatic rings. The van der Waals surface area contributed by atoms with E-state index in [9.17, 15) is 53.4 Å². The summed E-state index contributed by atoms with van der Waals surface area (Å²) < 4.78 is 5.93. The summed E-state index contributed by atoms with van der Waals surface area (Å²) in [6, 6.07) is 1.14. The van der Waals surface area contributed by atoms with Crippen LogP contribution in [-0.2, 0) is 60.7 Å². The van der Waals surface area contributed by atoms with Gasteiger partial charge in [-0.15, -0.1) is 0 Å². The molecule has 0 spiro atoms. The van der Waals surface area contributed by atoms with Crippen molar-refractivity contribution in [2.45, 2.75) is 169 Å². The summed E-state index contributed by atoms with van der Waals surface area (Å²) in [4.78, 5) is 125. The van der Waals surface area contributed by atoms with Crippen LogP contribution in [0.25, 0.3) is 0 Å². The number of benzene rings is 2. The largest absolute Gasteiger partial charge is 0.508 e. The van der Waals surface area contributed by atoms with Gasteiger partial charge in [0.05, 0.1) is 0 Å². The van der Waals surface area contributed by atoms with Crippen LogP contribution < -0.4 is 42.5 Å². The van der Waals surface area contributed by atoms with Crippen molar-refractivity contribution in [2.24, 2.45) is 23.7 Å². The van der Waals surface area contributed by atoms with Gasteiger partial charge < -0.3 is 57.5 Å². The molecule has 10 atom stereocenters. The highest BCUT2D eigenvalue weighted by Gasteiger charge is 2.40. The molecule has 3 rings (SSSR count). The van der Waals surface area contributed by atoms with Crippen molar-refractivity contribution in [1.29, 1.82) is 0 Å². The Morgan fingerprint density at radius 1 is 0.606 bits per heavy atom. The highest BCUT2D eigenvalue weighted by molar-refractivity contribution is 5.98. The molecule has 2 aromatic carbocycles. The summed E-state index contributed by atoms with van der Waals surface area (Å²) in [5.74, 6) is -7.87. The number of nitrogens with one attached hydrogen (secondary N) is 8. The minimum absolute atomic E-state index is 0.00182. The van der Waals surface area contributed by atoms with Gasteiger partial charge in [0, 0.05) is 19.8 Å². The number of cyclic esters (lactones) is 1. The number of aromatic hydroxyl groups is 2. The van der Waals surface area contributed by atoms with Crippen molar-refractivity contribution >= 4 is 53.2 Å². The number of phenols is 2. The van der Waals surface area contributed by atoms with Gasteiger partial charge >= 0.3 is 5.97 Å². The third-order valence-corrected chi connectivity index (χ3v) is 12.0. The molecule has 1 aliphatic heterocycles. The third-order valence-electron chi connectivity index (χ3n) is 12.0. The first-order chi connectivity index (χ1) is 33.3. The van der Waals surface area contributed by atoms with Crippen LogP contribution in [0.3, 0.4) is 0 Å². The van der Waals surface area contributed by atoms with Crippen molar-refractivity contribution in [3.05, 3.63) is 59.7 Å². The molecule has 1 heterocycles. The molecule has 0 bridgehead atoms. The first kappa shape index (κ1) is 58.6. The lowest BCUT2D eigenvalue weighted by molar-refractivity contribution is -0.156.